The molecule has 1 fully saturated rings. The summed E-state index contributed by atoms with van der Waals surface area (Å²) >= 11 is 0. The van der Waals surface area contributed by atoms with E-state index in [0.29, 0.717) is 10.8 Å². The number of amides is 1. The van der Waals surface area contributed by atoms with Crippen LogP contribution in [0.2, 0.25) is 0 Å². The fourth-order valence-electron chi connectivity index (χ4n) is 2.93. The number of benzene rings is 2. The molecule has 1 unspecified atom stereocenters. The van der Waals surface area contributed by atoms with E-state index in [0.717, 1.165) is 9.87 Å². The van der Waals surface area contributed by atoms with E-state index in [1.54, 1.807) is 31.2 Å². The van der Waals surface area contributed by atoms with Crippen LogP contribution in [0, 0.1) is 0 Å². The molecule has 156 valence electrons. The lowest BCUT2D eigenvalue weighted by Gasteiger charge is -2.34. The van der Waals surface area contributed by atoms with Gasteiger partial charge in [0.1, 0.15) is 12.3 Å². The second-order valence-corrected chi connectivity index (χ2v) is 9.52. The third-order valence-corrected chi connectivity index (χ3v) is 6.58. The zero-order valence-electron chi connectivity index (χ0n) is 16.4. The highest BCUT2D eigenvalue weighted by Gasteiger charge is 2.36. The number of phenols is 1. The van der Waals surface area contributed by atoms with E-state index in [1.807, 2.05) is 10.8 Å². The molecule has 1 aliphatic heterocycles. The Morgan fingerprint density at radius 2 is 1.83 bits per heavy atom. The van der Waals surface area contributed by atoms with Crippen molar-refractivity contribution in [2.24, 2.45) is 0 Å². The molecule has 1 amide bonds. The molecule has 0 bridgehead atoms. The second kappa shape index (κ2) is 7.01. The average Bonchev–Trinajstić information content (AvgIpc) is 2.85. The number of nitrogens with zero attached hydrogens (tertiary/aromatic N) is 1. The van der Waals surface area contributed by atoms with Gasteiger partial charge in [0.25, 0.3) is 5.91 Å². The van der Waals surface area contributed by atoms with Crippen molar-refractivity contribution < 1.29 is 28.5 Å². The predicted octanol–water partition coefficient (Wildman–Crippen LogP) is 1.65. The minimum Gasteiger partial charge on any atom is -0.506 e. The van der Waals surface area contributed by atoms with Gasteiger partial charge < -0.3 is 15.3 Å². The summed E-state index contributed by atoms with van der Waals surface area (Å²) in [5.74, 6) is -0.915. The van der Waals surface area contributed by atoms with Crippen LogP contribution in [-0.2, 0) is 15.0 Å². The first-order valence-electron chi connectivity index (χ1n) is 9.01. The maximum absolute atomic E-state index is 12.1. The number of aliphatic hydroxyl groups is 2. The van der Waals surface area contributed by atoms with Crippen molar-refractivity contribution in [1.29, 1.82) is 0 Å². The van der Waals surface area contributed by atoms with Gasteiger partial charge in [0, 0.05) is 0 Å². The highest BCUT2D eigenvalue weighted by atomic mass is 32.2. The van der Waals surface area contributed by atoms with E-state index >= 15 is 0 Å². The van der Waals surface area contributed by atoms with E-state index in [9.17, 15) is 28.5 Å². The summed E-state index contributed by atoms with van der Waals surface area (Å²) in [6.45, 7) is 4.24. The zero-order chi connectivity index (χ0) is 21.6. The van der Waals surface area contributed by atoms with E-state index in [4.69, 9.17) is 0 Å². The number of rotatable bonds is 5. The summed E-state index contributed by atoms with van der Waals surface area (Å²) in [5, 5.41) is 32.0. The Balaban J connectivity index is 1.93. The number of hydrogen-bond donors (Lipinski definition) is 4. The van der Waals surface area contributed by atoms with E-state index in [2.05, 4.69) is 0 Å². The van der Waals surface area contributed by atoms with Crippen molar-refractivity contribution in [3.05, 3.63) is 42.0 Å². The van der Waals surface area contributed by atoms with Crippen molar-refractivity contribution in [1.82, 2.24) is 4.72 Å². The number of anilines is 1. The highest BCUT2D eigenvalue weighted by molar-refractivity contribution is 7.92. The van der Waals surface area contributed by atoms with Crippen molar-refractivity contribution in [2.45, 2.75) is 38.4 Å². The molecule has 1 saturated heterocycles. The topological polar surface area (TPSA) is 127 Å². The maximum Gasteiger partial charge on any atom is 0.326 e. The lowest BCUT2D eigenvalue weighted by molar-refractivity contribution is -0.117. The van der Waals surface area contributed by atoms with Crippen LogP contribution in [0.5, 0.6) is 5.75 Å². The van der Waals surface area contributed by atoms with Crippen LogP contribution in [-0.4, -0.2) is 47.4 Å². The van der Waals surface area contributed by atoms with E-state index in [1.165, 1.54) is 26.0 Å². The smallest absolute Gasteiger partial charge is 0.326 e. The molecule has 2 aromatic carbocycles. The van der Waals surface area contributed by atoms with Crippen LogP contribution in [0.15, 0.2) is 36.4 Å². The molecule has 3 rings (SSSR count). The largest absolute Gasteiger partial charge is 0.506 e. The molecule has 0 aliphatic carbocycles. The van der Waals surface area contributed by atoms with Crippen molar-refractivity contribution in [2.75, 3.05) is 10.8 Å². The van der Waals surface area contributed by atoms with Gasteiger partial charge in [-0.25, -0.2) is 9.03 Å². The quantitative estimate of drug-likeness (QED) is 0.583. The number of fused-ring (bicyclic) bond motifs is 1. The molecule has 1 aliphatic rings. The Morgan fingerprint density at radius 3 is 2.41 bits per heavy atom. The Hall–Kier alpha value is -2.62. The average molecular weight is 420 g/mol. The first-order chi connectivity index (χ1) is 13.3. The van der Waals surface area contributed by atoms with Crippen LogP contribution in [0.3, 0.4) is 0 Å². The van der Waals surface area contributed by atoms with Gasteiger partial charge in [-0.2, -0.15) is 8.42 Å². The third-order valence-electron chi connectivity index (χ3n) is 5.19. The third kappa shape index (κ3) is 4.21. The molecule has 0 spiro atoms. The summed E-state index contributed by atoms with van der Waals surface area (Å²) in [4.78, 5) is 11.5. The first-order valence-corrected chi connectivity index (χ1v) is 10.5. The van der Waals surface area contributed by atoms with Crippen molar-refractivity contribution in [3.63, 3.8) is 0 Å². The number of carbonyl (C=O) groups excluding carboxylic acids is 1. The highest BCUT2D eigenvalue weighted by Crippen LogP contribution is 2.35. The molecule has 0 radical (unpaired) electrons. The predicted molar refractivity (Wildman–Crippen MR) is 111 cm³/mol. The number of phenolic OH excluding ortho intramolecular Hbond substituents is 1. The summed E-state index contributed by atoms with van der Waals surface area (Å²) < 4.78 is 26.8. The number of carbonyl (C=O) groups is 1. The van der Waals surface area contributed by atoms with Gasteiger partial charge >= 0.3 is 10.2 Å². The molecular formula is C20H24N2O6S. The Kier molecular flexibility index (Phi) is 5.10. The fourth-order valence-corrected chi connectivity index (χ4v) is 4.09. The van der Waals surface area contributed by atoms with Gasteiger partial charge in [0.2, 0.25) is 0 Å². The number of aromatic hydroxyl groups is 1. The molecule has 29 heavy (non-hydrogen) atoms. The van der Waals surface area contributed by atoms with E-state index in [-0.39, 0.29) is 17.9 Å². The van der Waals surface area contributed by atoms with Crippen LogP contribution >= 0.6 is 0 Å². The van der Waals surface area contributed by atoms with Gasteiger partial charge in [-0.3, -0.25) is 4.79 Å². The van der Waals surface area contributed by atoms with Gasteiger partial charge in [-0.1, -0.05) is 24.3 Å². The Morgan fingerprint density at radius 1 is 1.14 bits per heavy atom. The monoisotopic (exact) mass is 420 g/mol. The standard InChI is InChI=1S/C20H24N2O6S/c1-19(2,25)20(3,26)8-4-5-13-6-7-14-11-17(23)16(10-15(14)9-13)22-12-18(24)21-29(22,27)28/h4-7,9-11,23,25-26H,8,12H2,1-3H3,(H,21,24). The molecule has 1 heterocycles. The van der Waals surface area contributed by atoms with Gasteiger partial charge in [0.15, 0.2) is 0 Å². The molecule has 2 aromatic rings. The minimum absolute atomic E-state index is 0.0157. The fraction of sp³-hybridized carbons (Fsp3) is 0.350. The molecule has 0 aromatic heterocycles. The normalized spacial score (nSPS) is 18.9. The minimum atomic E-state index is -4.03. The SMILES string of the molecule is CC(C)(O)C(C)(O)CC=Cc1ccc2cc(O)c(N3CC(=O)NS3(=O)=O)cc2c1. The molecule has 1 atom stereocenters. The molecule has 0 saturated carbocycles. The second-order valence-electron chi connectivity index (χ2n) is 7.92. The zero-order valence-corrected chi connectivity index (χ0v) is 17.2. The van der Waals surface area contributed by atoms with Crippen molar-refractivity contribution >= 4 is 38.7 Å². The lowest BCUT2D eigenvalue weighted by Crippen LogP contribution is -2.47. The maximum atomic E-state index is 12.1. The van der Waals surface area contributed by atoms with Crippen molar-refractivity contribution in [3.8, 4) is 5.75 Å². The van der Waals surface area contributed by atoms with Crippen LogP contribution < -0.4 is 9.03 Å². The Bertz CT molecular complexity index is 1100. The number of nitrogens with one attached hydrogen (secondary N) is 1. The molecule has 8 nitrogen and oxygen atoms in total. The Labute approximate surface area is 169 Å². The molecule has 9 heteroatoms. The van der Waals surface area contributed by atoms with Crippen LogP contribution in [0.25, 0.3) is 16.8 Å². The summed E-state index contributed by atoms with van der Waals surface area (Å²) in [5.41, 5.74) is -1.76. The first kappa shape index (κ1) is 21.1. The molecular weight excluding hydrogens is 396 g/mol. The van der Waals surface area contributed by atoms with Crippen LogP contribution in [0.1, 0.15) is 32.8 Å². The lowest BCUT2D eigenvalue weighted by atomic mass is 9.85. The summed E-state index contributed by atoms with van der Waals surface area (Å²) in [7, 11) is -4.03. The molecule has 4 N–H and O–H groups in total. The van der Waals surface area contributed by atoms with Gasteiger partial charge in [-0.15, -0.1) is 0 Å². The number of hydrogen-bond acceptors (Lipinski definition) is 6. The van der Waals surface area contributed by atoms with Crippen LogP contribution in [0.4, 0.5) is 5.69 Å². The summed E-state index contributed by atoms with van der Waals surface area (Å²) in [6.07, 6.45) is 3.76. The van der Waals surface area contributed by atoms with Gasteiger partial charge in [0.05, 0.1) is 16.9 Å². The summed E-state index contributed by atoms with van der Waals surface area (Å²) in [6, 6.07) is 8.33. The van der Waals surface area contributed by atoms with Gasteiger partial charge in [-0.05, 0) is 61.7 Å². The van der Waals surface area contributed by atoms with E-state index < -0.39 is 33.9 Å².